The van der Waals surface area contributed by atoms with Gasteiger partial charge in [-0.3, -0.25) is 9.78 Å². The quantitative estimate of drug-likeness (QED) is 0.389. The van der Waals surface area contributed by atoms with Gasteiger partial charge in [0.25, 0.3) is 5.56 Å². The number of aromatic nitrogens is 1. The van der Waals surface area contributed by atoms with E-state index in [0.29, 0.717) is 17.9 Å². The van der Waals surface area contributed by atoms with E-state index in [0.717, 1.165) is 19.1 Å². The number of hydrogen-bond acceptors (Lipinski definition) is 6. The van der Waals surface area contributed by atoms with Crippen LogP contribution < -0.4 is 10.9 Å². The maximum Gasteiger partial charge on any atom is 0.345 e. The molecule has 150 valence electrons. The SMILES string of the molecule is CCCCOC(=O)c1ccc(NC(=O)N=Cc2c(O)[nH]c(=O)c(C#N)c2C)cc1. The van der Waals surface area contributed by atoms with Crippen molar-refractivity contribution in [2.45, 2.75) is 26.7 Å². The molecule has 1 aromatic heterocycles. The number of ether oxygens (including phenoxy) is 1. The molecule has 0 aliphatic carbocycles. The third kappa shape index (κ3) is 5.52. The van der Waals surface area contributed by atoms with Gasteiger partial charge in [0.1, 0.15) is 11.6 Å². The number of rotatable bonds is 6. The first kappa shape index (κ1) is 21.4. The van der Waals surface area contributed by atoms with Crippen molar-refractivity contribution >= 4 is 23.9 Å². The minimum atomic E-state index is -0.744. The van der Waals surface area contributed by atoms with Gasteiger partial charge in [0.05, 0.1) is 17.7 Å². The monoisotopic (exact) mass is 396 g/mol. The van der Waals surface area contributed by atoms with Crippen LogP contribution in [0.3, 0.4) is 0 Å². The summed E-state index contributed by atoms with van der Waals surface area (Å²) in [5.74, 6) is -0.930. The second kappa shape index (κ2) is 9.85. The number of carbonyl (C=O) groups excluding carboxylic acids is 2. The first-order valence-corrected chi connectivity index (χ1v) is 8.85. The topological polar surface area (TPSA) is 145 Å². The molecule has 0 spiro atoms. The third-order valence-electron chi connectivity index (χ3n) is 4.02. The Morgan fingerprint density at radius 3 is 2.66 bits per heavy atom. The van der Waals surface area contributed by atoms with Gasteiger partial charge in [0.15, 0.2) is 0 Å². The van der Waals surface area contributed by atoms with E-state index < -0.39 is 23.4 Å². The lowest BCUT2D eigenvalue weighted by atomic mass is 10.1. The molecule has 0 radical (unpaired) electrons. The minimum Gasteiger partial charge on any atom is -0.494 e. The number of carbonyl (C=O) groups is 2. The number of aliphatic imine (C=N–C) groups is 1. The van der Waals surface area contributed by atoms with E-state index >= 15 is 0 Å². The third-order valence-corrected chi connectivity index (χ3v) is 4.02. The zero-order valence-corrected chi connectivity index (χ0v) is 16.0. The number of nitrogens with zero attached hydrogens (tertiary/aromatic N) is 2. The van der Waals surface area contributed by atoms with Gasteiger partial charge in [0.2, 0.25) is 5.88 Å². The van der Waals surface area contributed by atoms with Crippen molar-refractivity contribution in [3.63, 3.8) is 0 Å². The fraction of sp³-hybridized carbons (Fsp3) is 0.250. The van der Waals surface area contributed by atoms with Crippen molar-refractivity contribution in [3.05, 3.63) is 56.9 Å². The molecule has 29 heavy (non-hydrogen) atoms. The molecule has 0 fully saturated rings. The lowest BCUT2D eigenvalue weighted by Gasteiger charge is -2.06. The Hall–Kier alpha value is -3.93. The number of urea groups is 1. The largest absolute Gasteiger partial charge is 0.494 e. The zero-order valence-electron chi connectivity index (χ0n) is 16.0. The highest BCUT2D eigenvalue weighted by atomic mass is 16.5. The Morgan fingerprint density at radius 1 is 1.34 bits per heavy atom. The Bertz CT molecular complexity index is 1030. The van der Waals surface area contributed by atoms with Crippen LogP contribution in [0, 0.1) is 18.3 Å². The molecule has 1 aromatic carbocycles. The van der Waals surface area contributed by atoms with Gasteiger partial charge in [-0.2, -0.15) is 5.26 Å². The normalized spacial score (nSPS) is 10.5. The number of nitriles is 1. The van der Waals surface area contributed by atoms with E-state index in [1.165, 1.54) is 31.2 Å². The Balaban J connectivity index is 2.06. The molecular formula is C20H20N4O5. The van der Waals surface area contributed by atoms with Crippen LogP contribution in [0.1, 0.15) is 46.8 Å². The summed E-state index contributed by atoms with van der Waals surface area (Å²) in [6, 6.07) is 7.08. The van der Waals surface area contributed by atoms with Crippen LogP contribution >= 0.6 is 0 Å². The molecule has 0 aliphatic rings. The number of hydrogen-bond donors (Lipinski definition) is 3. The molecule has 0 atom stereocenters. The fourth-order valence-electron chi connectivity index (χ4n) is 2.37. The van der Waals surface area contributed by atoms with Crippen LogP contribution in [0.25, 0.3) is 0 Å². The van der Waals surface area contributed by atoms with Gasteiger partial charge in [-0.15, -0.1) is 0 Å². The highest BCUT2D eigenvalue weighted by Crippen LogP contribution is 2.16. The van der Waals surface area contributed by atoms with Crippen molar-refractivity contribution < 1.29 is 19.4 Å². The van der Waals surface area contributed by atoms with Crippen molar-refractivity contribution in [1.29, 1.82) is 5.26 Å². The lowest BCUT2D eigenvalue weighted by molar-refractivity contribution is 0.0499. The van der Waals surface area contributed by atoms with Crippen LogP contribution in [0.2, 0.25) is 0 Å². The van der Waals surface area contributed by atoms with Crippen LogP contribution in [0.15, 0.2) is 34.1 Å². The molecule has 2 rings (SSSR count). The average Bonchev–Trinajstić information content (AvgIpc) is 2.68. The first-order valence-electron chi connectivity index (χ1n) is 8.85. The van der Waals surface area contributed by atoms with Gasteiger partial charge >= 0.3 is 12.0 Å². The number of pyridine rings is 1. The summed E-state index contributed by atoms with van der Waals surface area (Å²) in [6.45, 7) is 3.81. The molecule has 0 aliphatic heterocycles. The van der Waals surface area contributed by atoms with Gasteiger partial charge < -0.3 is 15.2 Å². The van der Waals surface area contributed by atoms with Crippen molar-refractivity contribution in [1.82, 2.24) is 4.98 Å². The van der Waals surface area contributed by atoms with E-state index in [-0.39, 0.29) is 16.7 Å². The minimum absolute atomic E-state index is 0.0569. The summed E-state index contributed by atoms with van der Waals surface area (Å²) in [5.41, 5.74) is 0.124. The molecule has 0 bridgehead atoms. The zero-order chi connectivity index (χ0) is 21.4. The van der Waals surface area contributed by atoms with E-state index in [9.17, 15) is 19.5 Å². The van der Waals surface area contributed by atoms with E-state index in [2.05, 4.69) is 15.3 Å². The fourth-order valence-corrected chi connectivity index (χ4v) is 2.37. The number of amides is 2. The molecule has 2 aromatic rings. The number of benzene rings is 1. The average molecular weight is 396 g/mol. The van der Waals surface area contributed by atoms with E-state index in [4.69, 9.17) is 10.00 Å². The van der Waals surface area contributed by atoms with Crippen LogP contribution in [-0.4, -0.2) is 34.9 Å². The number of nitrogens with one attached hydrogen (secondary N) is 2. The van der Waals surface area contributed by atoms with Gasteiger partial charge in [-0.25, -0.2) is 14.6 Å². The Labute approximate surface area is 166 Å². The number of unbranched alkanes of at least 4 members (excludes halogenated alkanes) is 1. The summed E-state index contributed by atoms with van der Waals surface area (Å²) in [6.07, 6.45) is 2.77. The highest BCUT2D eigenvalue weighted by Gasteiger charge is 2.13. The van der Waals surface area contributed by atoms with Gasteiger partial charge in [-0.05, 0) is 43.2 Å². The summed E-state index contributed by atoms with van der Waals surface area (Å²) < 4.78 is 5.11. The second-order valence-corrected chi connectivity index (χ2v) is 6.08. The molecular weight excluding hydrogens is 376 g/mol. The smallest absolute Gasteiger partial charge is 0.345 e. The van der Waals surface area contributed by atoms with Crippen molar-refractivity contribution in [2.24, 2.45) is 4.99 Å². The Kier molecular flexibility index (Phi) is 7.26. The summed E-state index contributed by atoms with van der Waals surface area (Å²) in [4.78, 5) is 41.2. The Morgan fingerprint density at radius 2 is 2.03 bits per heavy atom. The first-order chi connectivity index (χ1) is 13.9. The second-order valence-electron chi connectivity index (χ2n) is 6.08. The van der Waals surface area contributed by atoms with Crippen molar-refractivity contribution in [2.75, 3.05) is 11.9 Å². The van der Waals surface area contributed by atoms with Crippen LogP contribution in [-0.2, 0) is 4.74 Å². The van der Waals surface area contributed by atoms with Crippen molar-refractivity contribution in [3.8, 4) is 11.9 Å². The number of aromatic amines is 1. The molecule has 9 nitrogen and oxygen atoms in total. The summed E-state index contributed by atoms with van der Waals surface area (Å²) >= 11 is 0. The molecule has 0 unspecified atom stereocenters. The van der Waals surface area contributed by atoms with Gasteiger partial charge in [0, 0.05) is 11.9 Å². The van der Waals surface area contributed by atoms with Crippen LogP contribution in [0.5, 0.6) is 5.88 Å². The van der Waals surface area contributed by atoms with Crippen LogP contribution in [0.4, 0.5) is 10.5 Å². The number of aromatic hydroxyl groups is 1. The predicted octanol–water partition coefficient (Wildman–Crippen LogP) is 2.87. The number of esters is 1. The molecule has 2 amide bonds. The number of H-pyrrole nitrogens is 1. The highest BCUT2D eigenvalue weighted by molar-refractivity contribution is 5.99. The molecule has 3 N–H and O–H groups in total. The van der Waals surface area contributed by atoms with E-state index in [1.54, 1.807) is 6.07 Å². The van der Waals surface area contributed by atoms with E-state index in [1.807, 2.05) is 6.92 Å². The number of anilines is 1. The molecule has 9 heteroatoms. The maximum atomic E-state index is 12.0. The lowest BCUT2D eigenvalue weighted by Crippen LogP contribution is -2.14. The molecule has 0 saturated heterocycles. The summed E-state index contributed by atoms with van der Waals surface area (Å²) in [7, 11) is 0. The molecule has 0 saturated carbocycles. The van der Waals surface area contributed by atoms with Gasteiger partial charge in [-0.1, -0.05) is 13.3 Å². The standard InChI is InChI=1S/C20H20N4O5/c1-3-4-9-29-19(27)13-5-7-14(8-6-13)23-20(28)22-11-16-12(2)15(10-21)17(25)24-18(16)26/h5-8,11H,3-4,9H2,1-2H3,(H,23,28)(H2,24,25,26). The maximum absolute atomic E-state index is 12.0. The summed E-state index contributed by atoms with van der Waals surface area (Å²) in [5, 5.41) is 21.3. The predicted molar refractivity (Wildman–Crippen MR) is 106 cm³/mol. The molecule has 1 heterocycles.